The molecule has 0 amide bonds. The molecule has 2 nitrogen and oxygen atoms in total. The van der Waals surface area contributed by atoms with E-state index in [2.05, 4.69) is 129 Å². The summed E-state index contributed by atoms with van der Waals surface area (Å²) in [6.45, 7) is 4.79. The Bertz CT molecular complexity index is 2620. The third-order valence-electron chi connectivity index (χ3n) is 10.2. The van der Waals surface area contributed by atoms with Gasteiger partial charge < -0.3 is 9.32 Å². The van der Waals surface area contributed by atoms with Crippen molar-refractivity contribution in [2.45, 2.75) is 19.3 Å². The molecule has 9 aromatic rings. The van der Waals surface area contributed by atoms with E-state index in [-0.39, 0.29) is 5.41 Å². The van der Waals surface area contributed by atoms with Crippen LogP contribution in [-0.4, -0.2) is 7.05 Å². The van der Waals surface area contributed by atoms with Gasteiger partial charge in [0.05, 0.1) is 11.4 Å². The molecule has 198 valence electrons. The molecular formula is C40H27NO. The average Bonchev–Trinajstić information content (AvgIpc) is 3.40. The van der Waals surface area contributed by atoms with Crippen molar-refractivity contribution in [2.24, 2.45) is 0 Å². The zero-order valence-corrected chi connectivity index (χ0v) is 23.7. The summed E-state index contributed by atoms with van der Waals surface area (Å²) in [6.07, 6.45) is 0. The molecular weight excluding hydrogens is 510 g/mol. The Morgan fingerprint density at radius 1 is 0.500 bits per heavy atom. The number of rotatable bonds is 2. The van der Waals surface area contributed by atoms with Gasteiger partial charge in [-0.2, -0.15) is 0 Å². The third-order valence-corrected chi connectivity index (χ3v) is 10.2. The smallest absolute Gasteiger partial charge is 0.159 e. The molecule has 0 saturated carbocycles. The first-order valence-corrected chi connectivity index (χ1v) is 14.8. The number of para-hydroxylation sites is 2. The second-order valence-corrected chi connectivity index (χ2v) is 12.5. The minimum absolute atomic E-state index is 0.127. The summed E-state index contributed by atoms with van der Waals surface area (Å²) in [7, 11) is 2.21. The Labute approximate surface area is 242 Å². The summed E-state index contributed by atoms with van der Waals surface area (Å²) in [5.74, 6) is 0. The topological polar surface area (TPSA) is 16.4 Å². The number of anilines is 2. The Morgan fingerprint density at radius 2 is 1.14 bits per heavy atom. The van der Waals surface area contributed by atoms with E-state index in [4.69, 9.17) is 4.42 Å². The lowest BCUT2D eigenvalue weighted by atomic mass is 9.68. The molecule has 0 bridgehead atoms. The van der Waals surface area contributed by atoms with E-state index < -0.39 is 0 Å². The van der Waals surface area contributed by atoms with Gasteiger partial charge in [-0.1, -0.05) is 111 Å². The summed E-state index contributed by atoms with van der Waals surface area (Å²) in [5.41, 5.74) is 6.85. The van der Waals surface area contributed by atoms with Crippen LogP contribution in [0.1, 0.15) is 25.0 Å². The van der Waals surface area contributed by atoms with Gasteiger partial charge in [0.15, 0.2) is 5.58 Å². The molecule has 0 unspecified atom stereocenters. The van der Waals surface area contributed by atoms with Gasteiger partial charge in [0.2, 0.25) is 0 Å². The molecule has 0 saturated heterocycles. The largest absolute Gasteiger partial charge is 0.454 e. The van der Waals surface area contributed by atoms with Crippen LogP contribution in [0.2, 0.25) is 0 Å². The number of fused-ring (bicyclic) bond motifs is 4. The number of furan rings is 1. The summed E-state index contributed by atoms with van der Waals surface area (Å²) in [6, 6.07) is 40.2. The van der Waals surface area contributed by atoms with E-state index in [1.54, 1.807) is 0 Å². The number of benzene rings is 8. The Balaban J connectivity index is 1.44. The Morgan fingerprint density at radius 3 is 2.02 bits per heavy atom. The molecule has 1 aromatic heterocycles. The van der Waals surface area contributed by atoms with Crippen LogP contribution in [0.15, 0.2) is 114 Å². The fourth-order valence-corrected chi connectivity index (χ4v) is 8.31. The highest BCUT2D eigenvalue weighted by atomic mass is 16.3. The lowest BCUT2D eigenvalue weighted by Crippen LogP contribution is -2.23. The standard InChI is InChI=1S/C40H27NO/c1-40(2)29-17-8-16-28-35(29)37-34-25(24-12-6-10-22-20-21-30(40)36(37)33(22)24)13-7-15-27(34)38(28)41(3)31-18-9-14-26-23-11-4-5-19-32(23)42-39(26)31/h4-21H,1-3H3. The fraction of sp³-hybridized carbons (Fsp3) is 0.100. The van der Waals surface area contributed by atoms with Crippen LogP contribution in [0.3, 0.4) is 0 Å². The molecule has 0 atom stereocenters. The van der Waals surface area contributed by atoms with Crippen molar-refractivity contribution in [1.29, 1.82) is 0 Å². The maximum absolute atomic E-state index is 6.54. The summed E-state index contributed by atoms with van der Waals surface area (Å²) in [5, 5.41) is 15.8. The molecule has 0 aliphatic heterocycles. The van der Waals surface area contributed by atoms with Crippen LogP contribution in [0.25, 0.3) is 75.8 Å². The third kappa shape index (κ3) is 2.49. The first-order valence-electron chi connectivity index (χ1n) is 14.8. The molecule has 0 N–H and O–H groups in total. The number of hydrogen-bond acceptors (Lipinski definition) is 2. The highest BCUT2D eigenvalue weighted by molar-refractivity contribution is 6.42. The van der Waals surface area contributed by atoms with Crippen LogP contribution < -0.4 is 4.90 Å². The van der Waals surface area contributed by atoms with Crippen LogP contribution in [-0.2, 0) is 5.41 Å². The second-order valence-electron chi connectivity index (χ2n) is 12.5. The Kier molecular flexibility index (Phi) is 3.98. The van der Waals surface area contributed by atoms with Gasteiger partial charge in [0.25, 0.3) is 0 Å². The molecule has 10 rings (SSSR count). The van der Waals surface area contributed by atoms with Gasteiger partial charge in [-0.3, -0.25) is 0 Å². The van der Waals surface area contributed by atoms with E-state index in [1.165, 1.54) is 70.7 Å². The predicted molar refractivity (Wildman–Crippen MR) is 179 cm³/mol. The molecule has 8 aromatic carbocycles. The monoisotopic (exact) mass is 537 g/mol. The zero-order chi connectivity index (χ0) is 27.9. The van der Waals surface area contributed by atoms with Crippen LogP contribution >= 0.6 is 0 Å². The van der Waals surface area contributed by atoms with Crippen LogP contribution in [0, 0.1) is 0 Å². The highest BCUT2D eigenvalue weighted by Crippen LogP contribution is 2.56. The molecule has 1 aliphatic rings. The maximum atomic E-state index is 6.54. The fourth-order valence-electron chi connectivity index (χ4n) is 8.31. The van der Waals surface area contributed by atoms with Gasteiger partial charge in [-0.15, -0.1) is 0 Å². The molecule has 42 heavy (non-hydrogen) atoms. The zero-order valence-electron chi connectivity index (χ0n) is 23.7. The molecule has 0 radical (unpaired) electrons. The SMILES string of the molecule is CN(c1c2cccc3c2c2c4c(ccc5cccc(c6cccc1c62)c54)C3(C)C)c1cccc2c1oc1ccccc12. The predicted octanol–water partition coefficient (Wildman–Crippen LogP) is 11.2. The minimum Gasteiger partial charge on any atom is -0.454 e. The van der Waals surface area contributed by atoms with E-state index in [1.807, 2.05) is 6.07 Å². The summed E-state index contributed by atoms with van der Waals surface area (Å²) in [4.78, 5) is 2.37. The van der Waals surface area contributed by atoms with Crippen molar-refractivity contribution in [2.75, 3.05) is 11.9 Å². The van der Waals surface area contributed by atoms with E-state index in [0.29, 0.717) is 0 Å². The number of hydrogen-bond donors (Lipinski definition) is 0. The molecule has 0 spiro atoms. The molecule has 2 heteroatoms. The van der Waals surface area contributed by atoms with Crippen LogP contribution in [0.5, 0.6) is 0 Å². The van der Waals surface area contributed by atoms with Crippen molar-refractivity contribution in [3.63, 3.8) is 0 Å². The quantitative estimate of drug-likeness (QED) is 0.161. The Hall–Kier alpha value is -5.08. The van der Waals surface area contributed by atoms with E-state index in [9.17, 15) is 0 Å². The van der Waals surface area contributed by atoms with Gasteiger partial charge >= 0.3 is 0 Å². The molecule has 1 heterocycles. The molecule has 1 aliphatic carbocycles. The van der Waals surface area contributed by atoms with Crippen molar-refractivity contribution < 1.29 is 4.42 Å². The van der Waals surface area contributed by atoms with E-state index >= 15 is 0 Å². The van der Waals surface area contributed by atoms with Crippen LogP contribution in [0.4, 0.5) is 11.4 Å². The average molecular weight is 538 g/mol. The van der Waals surface area contributed by atoms with Crippen molar-refractivity contribution in [3.05, 3.63) is 120 Å². The van der Waals surface area contributed by atoms with Crippen molar-refractivity contribution in [3.8, 4) is 0 Å². The maximum Gasteiger partial charge on any atom is 0.159 e. The second kappa shape index (κ2) is 7.40. The first kappa shape index (κ1) is 22.6. The van der Waals surface area contributed by atoms with Crippen molar-refractivity contribution in [1.82, 2.24) is 0 Å². The summed E-state index contributed by atoms with van der Waals surface area (Å²) >= 11 is 0. The minimum atomic E-state index is -0.127. The van der Waals surface area contributed by atoms with Gasteiger partial charge in [-0.25, -0.2) is 0 Å². The van der Waals surface area contributed by atoms with Gasteiger partial charge in [0, 0.05) is 39.4 Å². The molecule has 0 fully saturated rings. The lowest BCUT2D eigenvalue weighted by molar-refractivity contribution is 0.652. The lowest BCUT2D eigenvalue weighted by Gasteiger charge is -2.36. The first-order chi connectivity index (χ1) is 20.5. The number of nitrogens with zero attached hydrogens (tertiary/aromatic N) is 1. The highest BCUT2D eigenvalue weighted by Gasteiger charge is 2.35. The summed E-state index contributed by atoms with van der Waals surface area (Å²) < 4.78 is 6.54. The van der Waals surface area contributed by atoms with Gasteiger partial charge in [-0.05, 0) is 61.0 Å². The van der Waals surface area contributed by atoms with E-state index in [0.717, 1.165) is 27.6 Å². The van der Waals surface area contributed by atoms with Crippen molar-refractivity contribution >= 4 is 87.2 Å². The van der Waals surface area contributed by atoms with Gasteiger partial charge in [0.1, 0.15) is 5.58 Å². The normalized spacial score (nSPS) is 14.3.